The molecule has 2 fully saturated rings. The molecule has 29 heavy (non-hydrogen) atoms. The highest BCUT2D eigenvalue weighted by Gasteiger charge is 2.30. The maximum atomic E-state index is 13.0. The molecule has 1 atom stereocenters. The molecule has 1 aliphatic heterocycles. The third-order valence-electron chi connectivity index (χ3n) is 6.27. The van der Waals surface area contributed by atoms with E-state index in [2.05, 4.69) is 19.9 Å². The van der Waals surface area contributed by atoms with Gasteiger partial charge < -0.3 is 14.5 Å². The first-order valence-electron chi connectivity index (χ1n) is 11.3. The van der Waals surface area contributed by atoms with Crippen molar-refractivity contribution in [2.24, 2.45) is 5.92 Å². The molecule has 2 amide bonds. The van der Waals surface area contributed by atoms with E-state index in [4.69, 9.17) is 4.74 Å². The van der Waals surface area contributed by atoms with Gasteiger partial charge in [0.25, 0.3) is 5.91 Å². The smallest absolute Gasteiger partial charge is 0.263 e. The van der Waals surface area contributed by atoms with Crippen LogP contribution in [0.3, 0.4) is 0 Å². The van der Waals surface area contributed by atoms with Crippen LogP contribution in [0.25, 0.3) is 0 Å². The number of hydrogen-bond donors (Lipinski definition) is 0. The zero-order valence-electron chi connectivity index (χ0n) is 18.2. The molecule has 2 aliphatic rings. The number of carbonyl (C=O) groups excluding carboxylic acids is 2. The quantitative estimate of drug-likeness (QED) is 0.744. The van der Waals surface area contributed by atoms with Gasteiger partial charge in [0.05, 0.1) is 0 Å². The second kappa shape index (κ2) is 10.1. The zero-order valence-corrected chi connectivity index (χ0v) is 18.2. The second-order valence-electron chi connectivity index (χ2n) is 8.79. The maximum Gasteiger partial charge on any atom is 0.263 e. The van der Waals surface area contributed by atoms with E-state index in [1.807, 2.05) is 34.9 Å². The summed E-state index contributed by atoms with van der Waals surface area (Å²) in [6.45, 7) is 8.75. The van der Waals surface area contributed by atoms with E-state index < -0.39 is 6.10 Å². The first-order valence-corrected chi connectivity index (χ1v) is 11.3. The molecule has 1 saturated heterocycles. The summed E-state index contributed by atoms with van der Waals surface area (Å²) in [5.41, 5.74) is 1.12. The number of benzene rings is 1. The number of hydrogen-bond acceptors (Lipinski definition) is 3. The minimum atomic E-state index is -0.532. The van der Waals surface area contributed by atoms with Gasteiger partial charge in [0.15, 0.2) is 6.10 Å². The van der Waals surface area contributed by atoms with Gasteiger partial charge in [-0.1, -0.05) is 51.3 Å². The Morgan fingerprint density at radius 2 is 1.55 bits per heavy atom. The molecule has 3 rings (SSSR count). The molecule has 1 aliphatic carbocycles. The molecule has 1 aromatic rings. The van der Waals surface area contributed by atoms with Crippen molar-refractivity contribution < 1.29 is 14.3 Å². The Kier molecular flexibility index (Phi) is 7.57. The van der Waals surface area contributed by atoms with Crippen molar-refractivity contribution in [2.45, 2.75) is 71.3 Å². The summed E-state index contributed by atoms with van der Waals surface area (Å²) in [7, 11) is 0. The molecule has 0 spiro atoms. The van der Waals surface area contributed by atoms with Crippen LogP contribution in [0.15, 0.2) is 24.3 Å². The summed E-state index contributed by atoms with van der Waals surface area (Å²) in [6, 6.07) is 7.94. The number of carbonyl (C=O) groups is 2. The van der Waals surface area contributed by atoms with Gasteiger partial charge in [-0.3, -0.25) is 9.59 Å². The first-order chi connectivity index (χ1) is 14.0. The number of rotatable bonds is 5. The minimum Gasteiger partial charge on any atom is -0.481 e. The monoisotopic (exact) mass is 400 g/mol. The largest absolute Gasteiger partial charge is 0.481 e. The lowest BCUT2D eigenvalue weighted by molar-refractivity contribution is -0.139. The molecule has 5 heteroatoms. The van der Waals surface area contributed by atoms with Crippen molar-refractivity contribution in [3.8, 4) is 5.75 Å². The second-order valence-corrected chi connectivity index (χ2v) is 8.79. The van der Waals surface area contributed by atoms with Crippen LogP contribution < -0.4 is 4.74 Å². The number of para-hydroxylation sites is 1. The van der Waals surface area contributed by atoms with Crippen LogP contribution in [0.5, 0.6) is 5.75 Å². The first kappa shape index (κ1) is 21.7. The lowest BCUT2D eigenvalue weighted by atomic mass is 9.88. The summed E-state index contributed by atoms with van der Waals surface area (Å²) in [5.74, 6) is 1.63. The summed E-state index contributed by atoms with van der Waals surface area (Å²) >= 11 is 0. The van der Waals surface area contributed by atoms with Gasteiger partial charge in [0.1, 0.15) is 5.75 Å². The predicted molar refractivity (Wildman–Crippen MR) is 115 cm³/mol. The third kappa shape index (κ3) is 5.52. The number of ether oxygens (including phenoxy) is 1. The van der Waals surface area contributed by atoms with E-state index >= 15 is 0 Å². The van der Waals surface area contributed by atoms with Gasteiger partial charge in [-0.05, 0) is 43.7 Å². The Labute approximate surface area is 175 Å². The van der Waals surface area contributed by atoms with Gasteiger partial charge in [-0.15, -0.1) is 0 Å². The molecule has 0 bridgehead atoms. The average molecular weight is 401 g/mol. The van der Waals surface area contributed by atoms with Crippen molar-refractivity contribution >= 4 is 11.8 Å². The standard InChI is InChI=1S/C24H36N2O3/c1-18(2)21-12-7-8-13-22(21)29-19(3)23(27)25-14-9-15-26(17-16-25)24(28)20-10-5-4-6-11-20/h7-8,12-13,18-20H,4-6,9-11,14-17H2,1-3H3. The summed E-state index contributed by atoms with van der Waals surface area (Å²) < 4.78 is 6.06. The molecule has 0 radical (unpaired) electrons. The van der Waals surface area contributed by atoms with E-state index in [0.29, 0.717) is 31.5 Å². The molecular weight excluding hydrogens is 364 g/mol. The highest BCUT2D eigenvalue weighted by molar-refractivity contribution is 5.81. The normalized spacial score (nSPS) is 19.7. The van der Waals surface area contributed by atoms with Gasteiger partial charge in [-0.25, -0.2) is 0 Å². The Morgan fingerprint density at radius 3 is 2.28 bits per heavy atom. The lowest BCUT2D eigenvalue weighted by Crippen LogP contribution is -2.43. The summed E-state index contributed by atoms with van der Waals surface area (Å²) in [4.78, 5) is 29.7. The van der Waals surface area contributed by atoms with Gasteiger partial charge >= 0.3 is 0 Å². The van der Waals surface area contributed by atoms with Crippen molar-refractivity contribution in [3.63, 3.8) is 0 Å². The van der Waals surface area contributed by atoms with E-state index in [9.17, 15) is 9.59 Å². The fraction of sp³-hybridized carbons (Fsp3) is 0.667. The van der Waals surface area contributed by atoms with Crippen LogP contribution in [-0.4, -0.2) is 53.9 Å². The van der Waals surface area contributed by atoms with Gasteiger partial charge in [0, 0.05) is 32.1 Å². The highest BCUT2D eigenvalue weighted by atomic mass is 16.5. The minimum absolute atomic E-state index is 0.00974. The highest BCUT2D eigenvalue weighted by Crippen LogP contribution is 2.28. The molecule has 0 aromatic heterocycles. The SMILES string of the molecule is CC(Oc1ccccc1C(C)C)C(=O)N1CCCN(C(=O)C2CCCCC2)CC1. The van der Waals surface area contributed by atoms with Crippen molar-refractivity contribution in [3.05, 3.63) is 29.8 Å². The van der Waals surface area contributed by atoms with Crippen molar-refractivity contribution in [2.75, 3.05) is 26.2 Å². The number of nitrogens with zero attached hydrogens (tertiary/aromatic N) is 2. The zero-order chi connectivity index (χ0) is 20.8. The number of amides is 2. The van der Waals surface area contributed by atoms with Crippen LogP contribution in [0.4, 0.5) is 0 Å². The van der Waals surface area contributed by atoms with E-state index in [-0.39, 0.29) is 11.8 Å². The summed E-state index contributed by atoms with van der Waals surface area (Å²) in [6.07, 6.45) is 5.94. The van der Waals surface area contributed by atoms with E-state index in [0.717, 1.165) is 37.1 Å². The van der Waals surface area contributed by atoms with Crippen LogP contribution in [0.1, 0.15) is 70.8 Å². The Hall–Kier alpha value is -2.04. The Bertz CT molecular complexity index is 697. The molecule has 5 nitrogen and oxygen atoms in total. The third-order valence-corrected chi connectivity index (χ3v) is 6.27. The Morgan fingerprint density at radius 1 is 0.897 bits per heavy atom. The maximum absolute atomic E-state index is 13.0. The lowest BCUT2D eigenvalue weighted by Gasteiger charge is -2.29. The Balaban J connectivity index is 1.57. The fourth-order valence-corrected chi connectivity index (χ4v) is 4.53. The van der Waals surface area contributed by atoms with Crippen LogP contribution in [0, 0.1) is 5.92 Å². The molecule has 1 unspecified atom stereocenters. The van der Waals surface area contributed by atoms with Gasteiger partial charge in [-0.2, -0.15) is 0 Å². The fourth-order valence-electron chi connectivity index (χ4n) is 4.53. The molecule has 1 aromatic carbocycles. The van der Waals surface area contributed by atoms with Crippen molar-refractivity contribution in [1.82, 2.24) is 9.80 Å². The summed E-state index contributed by atoms with van der Waals surface area (Å²) in [5, 5.41) is 0. The van der Waals surface area contributed by atoms with Crippen LogP contribution in [-0.2, 0) is 9.59 Å². The predicted octanol–water partition coefficient (Wildman–Crippen LogP) is 4.22. The van der Waals surface area contributed by atoms with Crippen LogP contribution in [0.2, 0.25) is 0 Å². The van der Waals surface area contributed by atoms with Crippen molar-refractivity contribution in [1.29, 1.82) is 0 Å². The van der Waals surface area contributed by atoms with Crippen LogP contribution >= 0.6 is 0 Å². The van der Waals surface area contributed by atoms with Gasteiger partial charge in [0.2, 0.25) is 5.91 Å². The molecule has 1 saturated carbocycles. The van der Waals surface area contributed by atoms with E-state index in [1.165, 1.54) is 19.3 Å². The molecule has 160 valence electrons. The molecule has 1 heterocycles. The topological polar surface area (TPSA) is 49.9 Å². The average Bonchev–Trinajstić information content (AvgIpc) is 2.99. The molecule has 0 N–H and O–H groups in total. The van der Waals surface area contributed by atoms with E-state index in [1.54, 1.807) is 0 Å². The molecular formula is C24H36N2O3.